The first kappa shape index (κ1) is 15.1. The van der Waals surface area contributed by atoms with Crippen LogP contribution in [-0.2, 0) is 4.79 Å². The Balaban J connectivity index is 2.36. The molecular weight excluding hydrogens is 278 g/mol. The van der Waals surface area contributed by atoms with Crippen molar-refractivity contribution < 1.29 is 29.3 Å². The van der Waals surface area contributed by atoms with Crippen LogP contribution in [0.2, 0.25) is 0 Å². The molecule has 0 aliphatic carbocycles. The van der Waals surface area contributed by atoms with E-state index in [-0.39, 0.29) is 18.5 Å². The minimum Gasteiger partial charge on any atom is -0.497 e. The van der Waals surface area contributed by atoms with Crippen LogP contribution in [0, 0.1) is 0 Å². The number of likely N-dealkylation sites (tertiary alicyclic amines) is 1. The van der Waals surface area contributed by atoms with Gasteiger partial charge in [-0.3, -0.25) is 4.79 Å². The van der Waals surface area contributed by atoms with E-state index in [9.17, 15) is 14.7 Å². The van der Waals surface area contributed by atoms with Gasteiger partial charge in [0.05, 0.1) is 25.9 Å². The monoisotopic (exact) mass is 295 g/mol. The highest BCUT2D eigenvalue weighted by molar-refractivity contribution is 5.99. The van der Waals surface area contributed by atoms with Gasteiger partial charge < -0.3 is 24.6 Å². The smallest absolute Gasteiger partial charge is 0.326 e. The number of amides is 1. The zero-order valence-corrected chi connectivity index (χ0v) is 11.8. The van der Waals surface area contributed by atoms with Crippen LogP contribution in [-0.4, -0.2) is 59.9 Å². The molecule has 1 aliphatic rings. The third-order valence-electron chi connectivity index (χ3n) is 3.46. The molecule has 114 valence electrons. The highest BCUT2D eigenvalue weighted by Crippen LogP contribution is 2.28. The summed E-state index contributed by atoms with van der Waals surface area (Å²) in [4.78, 5) is 24.9. The molecule has 0 bridgehead atoms. The summed E-state index contributed by atoms with van der Waals surface area (Å²) in [5, 5.41) is 18.8. The lowest BCUT2D eigenvalue weighted by Gasteiger charge is -2.22. The Labute approximate surface area is 121 Å². The van der Waals surface area contributed by atoms with Gasteiger partial charge in [0, 0.05) is 13.0 Å². The van der Waals surface area contributed by atoms with Crippen LogP contribution in [0.25, 0.3) is 0 Å². The molecule has 1 unspecified atom stereocenters. The fourth-order valence-corrected chi connectivity index (χ4v) is 2.41. The van der Waals surface area contributed by atoms with Gasteiger partial charge in [-0.2, -0.15) is 0 Å². The summed E-state index contributed by atoms with van der Waals surface area (Å²) in [5.74, 6) is -0.853. The number of methoxy groups -OCH3 is 2. The van der Waals surface area contributed by atoms with Crippen LogP contribution >= 0.6 is 0 Å². The summed E-state index contributed by atoms with van der Waals surface area (Å²) in [7, 11) is 2.89. The standard InChI is InChI=1S/C14H17NO6/c1-20-9-3-4-12(21-2)10(6-9)13(17)15-7-8(16)5-11(15)14(18)19/h3-4,6,8,11,16H,5,7H2,1-2H3,(H,18,19)/t8?,11-/m0/s1. The number of nitrogens with zero attached hydrogens (tertiary/aromatic N) is 1. The van der Waals surface area contributed by atoms with Gasteiger partial charge in [0.15, 0.2) is 0 Å². The van der Waals surface area contributed by atoms with Crippen molar-refractivity contribution in [3.05, 3.63) is 23.8 Å². The molecule has 1 aliphatic heterocycles. The minimum atomic E-state index is -1.14. The summed E-state index contributed by atoms with van der Waals surface area (Å²) in [6, 6.07) is 3.67. The van der Waals surface area contributed by atoms with E-state index in [1.54, 1.807) is 12.1 Å². The van der Waals surface area contributed by atoms with Gasteiger partial charge in [0.2, 0.25) is 0 Å². The highest BCUT2D eigenvalue weighted by atomic mass is 16.5. The molecular formula is C14H17NO6. The van der Waals surface area contributed by atoms with Crippen molar-refractivity contribution >= 4 is 11.9 Å². The van der Waals surface area contributed by atoms with Gasteiger partial charge in [0.25, 0.3) is 5.91 Å². The topological polar surface area (TPSA) is 96.3 Å². The van der Waals surface area contributed by atoms with Gasteiger partial charge in [-0.1, -0.05) is 0 Å². The third-order valence-corrected chi connectivity index (χ3v) is 3.46. The molecule has 2 rings (SSSR count). The maximum Gasteiger partial charge on any atom is 0.326 e. The molecule has 2 N–H and O–H groups in total. The minimum absolute atomic E-state index is 0.0177. The SMILES string of the molecule is COc1ccc(OC)c(C(=O)N2CC(O)C[C@H]2C(=O)O)c1. The number of carboxylic acid groups (broad SMARTS) is 1. The predicted octanol–water partition coefficient (Wildman–Crippen LogP) is 0.364. The number of aliphatic hydroxyl groups is 1. The fraction of sp³-hybridized carbons (Fsp3) is 0.429. The fourth-order valence-electron chi connectivity index (χ4n) is 2.41. The average Bonchev–Trinajstić information content (AvgIpc) is 2.88. The summed E-state index contributed by atoms with van der Waals surface area (Å²) < 4.78 is 10.2. The van der Waals surface area contributed by atoms with E-state index >= 15 is 0 Å². The quantitative estimate of drug-likeness (QED) is 0.833. The third kappa shape index (κ3) is 2.92. The molecule has 0 spiro atoms. The zero-order valence-electron chi connectivity index (χ0n) is 11.8. The van der Waals surface area contributed by atoms with E-state index in [1.807, 2.05) is 0 Å². The first-order valence-electron chi connectivity index (χ1n) is 6.41. The van der Waals surface area contributed by atoms with Crippen LogP contribution in [0.3, 0.4) is 0 Å². The van der Waals surface area contributed by atoms with Gasteiger partial charge in [-0.15, -0.1) is 0 Å². The van der Waals surface area contributed by atoms with Crippen molar-refractivity contribution in [2.45, 2.75) is 18.6 Å². The lowest BCUT2D eigenvalue weighted by Crippen LogP contribution is -2.40. The summed E-state index contributed by atoms with van der Waals surface area (Å²) in [6.07, 6.45) is -0.820. The number of benzene rings is 1. The molecule has 1 saturated heterocycles. The summed E-state index contributed by atoms with van der Waals surface area (Å²) in [6.45, 7) is -0.0177. The Morgan fingerprint density at radius 2 is 2.00 bits per heavy atom. The zero-order chi connectivity index (χ0) is 15.6. The van der Waals surface area contributed by atoms with Crippen molar-refractivity contribution in [2.75, 3.05) is 20.8 Å². The van der Waals surface area contributed by atoms with E-state index in [4.69, 9.17) is 14.6 Å². The number of hydrogen-bond donors (Lipinski definition) is 2. The molecule has 2 atom stereocenters. The normalized spacial score (nSPS) is 21.2. The molecule has 1 aromatic rings. The lowest BCUT2D eigenvalue weighted by atomic mass is 10.1. The Kier molecular flexibility index (Phi) is 4.32. The first-order valence-corrected chi connectivity index (χ1v) is 6.41. The molecule has 0 radical (unpaired) electrons. The van der Waals surface area contributed by atoms with Crippen molar-refractivity contribution in [3.63, 3.8) is 0 Å². The number of aliphatic carboxylic acids is 1. The second-order valence-electron chi connectivity index (χ2n) is 4.77. The van der Waals surface area contributed by atoms with Gasteiger partial charge in [-0.25, -0.2) is 4.79 Å². The molecule has 0 aromatic heterocycles. The van der Waals surface area contributed by atoms with Crippen LogP contribution in [0.5, 0.6) is 11.5 Å². The lowest BCUT2D eigenvalue weighted by molar-refractivity contribution is -0.141. The molecule has 0 saturated carbocycles. The number of carboxylic acids is 1. The Hall–Kier alpha value is -2.28. The van der Waals surface area contributed by atoms with Crippen molar-refractivity contribution in [2.24, 2.45) is 0 Å². The van der Waals surface area contributed by atoms with Crippen molar-refractivity contribution in [1.82, 2.24) is 4.90 Å². The highest BCUT2D eigenvalue weighted by Gasteiger charge is 2.40. The van der Waals surface area contributed by atoms with E-state index in [2.05, 4.69) is 0 Å². The van der Waals surface area contributed by atoms with E-state index < -0.39 is 24.0 Å². The number of β-amino-alcohol motifs (C(OH)–C–C–N with tert-alkyl or cyclic N) is 1. The maximum atomic E-state index is 12.6. The largest absolute Gasteiger partial charge is 0.497 e. The molecule has 21 heavy (non-hydrogen) atoms. The van der Waals surface area contributed by atoms with Crippen LogP contribution in [0.15, 0.2) is 18.2 Å². The Bertz CT molecular complexity index is 558. The number of aliphatic hydroxyl groups excluding tert-OH is 1. The number of rotatable bonds is 4. The average molecular weight is 295 g/mol. The second kappa shape index (κ2) is 6.01. The van der Waals surface area contributed by atoms with E-state index in [0.717, 1.165) is 4.90 Å². The van der Waals surface area contributed by atoms with Gasteiger partial charge in [0.1, 0.15) is 17.5 Å². The van der Waals surface area contributed by atoms with Crippen LogP contribution in [0.4, 0.5) is 0 Å². The van der Waals surface area contributed by atoms with E-state index in [0.29, 0.717) is 11.5 Å². The number of carbonyl (C=O) groups is 2. The van der Waals surface area contributed by atoms with Gasteiger partial charge in [-0.05, 0) is 18.2 Å². The number of hydrogen-bond acceptors (Lipinski definition) is 5. The first-order chi connectivity index (χ1) is 9.97. The maximum absolute atomic E-state index is 12.6. The predicted molar refractivity (Wildman–Crippen MR) is 72.6 cm³/mol. The molecule has 1 amide bonds. The number of ether oxygens (including phenoxy) is 2. The molecule has 7 nitrogen and oxygen atoms in total. The van der Waals surface area contributed by atoms with Crippen LogP contribution in [0.1, 0.15) is 16.8 Å². The Morgan fingerprint density at radius 1 is 1.29 bits per heavy atom. The molecule has 7 heteroatoms. The second-order valence-corrected chi connectivity index (χ2v) is 4.77. The molecule has 1 heterocycles. The molecule has 1 fully saturated rings. The molecule has 1 aromatic carbocycles. The summed E-state index contributed by atoms with van der Waals surface area (Å²) in [5.41, 5.74) is 0.206. The van der Waals surface area contributed by atoms with Crippen molar-refractivity contribution in [3.8, 4) is 11.5 Å². The number of carbonyl (C=O) groups excluding carboxylic acids is 1. The van der Waals surface area contributed by atoms with E-state index in [1.165, 1.54) is 20.3 Å². The van der Waals surface area contributed by atoms with Gasteiger partial charge >= 0.3 is 5.97 Å². The van der Waals surface area contributed by atoms with Crippen LogP contribution < -0.4 is 9.47 Å². The summed E-state index contributed by atoms with van der Waals surface area (Å²) >= 11 is 0. The Morgan fingerprint density at radius 3 is 2.57 bits per heavy atom. The van der Waals surface area contributed by atoms with Crippen molar-refractivity contribution in [1.29, 1.82) is 0 Å².